The van der Waals surface area contributed by atoms with Gasteiger partial charge in [0.1, 0.15) is 5.78 Å². The highest BCUT2D eigenvalue weighted by Crippen LogP contribution is 2.20. The van der Waals surface area contributed by atoms with Crippen LogP contribution in [0.15, 0.2) is 30.3 Å². The number of likely N-dealkylation sites (tertiary alicyclic amines) is 1. The normalized spacial score (nSPS) is 20.6. The SMILES string of the molecule is CCCC(=O)C1CCN(Cc2ccccc2)C1. The van der Waals surface area contributed by atoms with Crippen molar-refractivity contribution in [2.45, 2.75) is 32.7 Å². The van der Waals surface area contributed by atoms with E-state index < -0.39 is 0 Å². The molecule has 0 spiro atoms. The van der Waals surface area contributed by atoms with Crippen molar-refractivity contribution in [2.75, 3.05) is 13.1 Å². The molecule has 1 saturated heterocycles. The first kappa shape index (κ1) is 12.3. The van der Waals surface area contributed by atoms with E-state index in [-0.39, 0.29) is 0 Å². The van der Waals surface area contributed by atoms with Crippen molar-refractivity contribution in [3.63, 3.8) is 0 Å². The van der Waals surface area contributed by atoms with Crippen LogP contribution in [-0.4, -0.2) is 23.8 Å². The van der Waals surface area contributed by atoms with E-state index in [1.54, 1.807) is 0 Å². The Labute approximate surface area is 104 Å². The smallest absolute Gasteiger partial charge is 0.137 e. The van der Waals surface area contributed by atoms with E-state index in [4.69, 9.17) is 0 Å². The molecular weight excluding hydrogens is 210 g/mol. The number of nitrogens with zero attached hydrogens (tertiary/aromatic N) is 1. The molecule has 1 aliphatic heterocycles. The fourth-order valence-electron chi connectivity index (χ4n) is 2.53. The Morgan fingerprint density at radius 2 is 2.12 bits per heavy atom. The third kappa shape index (κ3) is 3.40. The summed E-state index contributed by atoms with van der Waals surface area (Å²) in [7, 11) is 0. The Morgan fingerprint density at radius 1 is 1.35 bits per heavy atom. The predicted molar refractivity (Wildman–Crippen MR) is 69.7 cm³/mol. The molecule has 0 saturated carbocycles. The maximum absolute atomic E-state index is 11.8. The van der Waals surface area contributed by atoms with Gasteiger partial charge in [0, 0.05) is 25.4 Å². The summed E-state index contributed by atoms with van der Waals surface area (Å²) in [6.45, 7) is 5.08. The first-order valence-electron chi connectivity index (χ1n) is 6.58. The molecular formula is C15H21NO. The fourth-order valence-corrected chi connectivity index (χ4v) is 2.53. The monoisotopic (exact) mass is 231 g/mol. The van der Waals surface area contributed by atoms with Gasteiger partial charge in [-0.3, -0.25) is 9.69 Å². The molecule has 0 aromatic heterocycles. The maximum Gasteiger partial charge on any atom is 0.137 e. The van der Waals surface area contributed by atoms with Crippen molar-refractivity contribution in [2.24, 2.45) is 5.92 Å². The minimum atomic E-state index is 0.290. The number of hydrogen-bond acceptors (Lipinski definition) is 2. The van der Waals surface area contributed by atoms with E-state index in [1.807, 2.05) is 6.07 Å². The lowest BCUT2D eigenvalue weighted by atomic mass is 10.00. The second-order valence-corrected chi connectivity index (χ2v) is 4.92. The summed E-state index contributed by atoms with van der Waals surface area (Å²) in [6, 6.07) is 10.5. The van der Waals surface area contributed by atoms with Gasteiger partial charge in [-0.05, 0) is 24.9 Å². The van der Waals surface area contributed by atoms with Gasteiger partial charge in [-0.25, -0.2) is 0 Å². The molecule has 2 nitrogen and oxygen atoms in total. The molecule has 1 aromatic carbocycles. The molecule has 1 aromatic rings. The third-order valence-corrected chi connectivity index (χ3v) is 3.47. The largest absolute Gasteiger partial charge is 0.299 e. The standard InChI is InChI=1S/C15H21NO/c1-2-6-15(17)14-9-10-16(12-14)11-13-7-4-3-5-8-13/h3-5,7-8,14H,2,6,9-12H2,1H3. The van der Waals surface area contributed by atoms with Gasteiger partial charge in [0.2, 0.25) is 0 Å². The van der Waals surface area contributed by atoms with Crippen LogP contribution in [0.5, 0.6) is 0 Å². The van der Waals surface area contributed by atoms with E-state index >= 15 is 0 Å². The van der Waals surface area contributed by atoms with Crippen LogP contribution >= 0.6 is 0 Å². The quantitative estimate of drug-likeness (QED) is 0.776. The van der Waals surface area contributed by atoms with Gasteiger partial charge in [0.05, 0.1) is 0 Å². The molecule has 1 heterocycles. The van der Waals surface area contributed by atoms with Crippen molar-refractivity contribution in [3.8, 4) is 0 Å². The highest BCUT2D eigenvalue weighted by atomic mass is 16.1. The van der Waals surface area contributed by atoms with Crippen LogP contribution in [0.3, 0.4) is 0 Å². The highest BCUT2D eigenvalue weighted by molar-refractivity contribution is 5.81. The number of carbonyl (C=O) groups is 1. The Hall–Kier alpha value is -1.15. The molecule has 0 bridgehead atoms. The Kier molecular flexibility index (Phi) is 4.32. The summed E-state index contributed by atoms with van der Waals surface area (Å²) >= 11 is 0. The zero-order chi connectivity index (χ0) is 12.1. The molecule has 1 fully saturated rings. The Bertz CT molecular complexity index is 360. The van der Waals surface area contributed by atoms with Crippen molar-refractivity contribution >= 4 is 5.78 Å². The number of rotatable bonds is 5. The van der Waals surface area contributed by atoms with Gasteiger partial charge in [-0.2, -0.15) is 0 Å². The summed E-state index contributed by atoms with van der Waals surface area (Å²) in [5.41, 5.74) is 1.34. The summed E-state index contributed by atoms with van der Waals surface area (Å²) in [6.07, 6.45) is 2.78. The molecule has 2 rings (SSSR count). The molecule has 0 aliphatic carbocycles. The lowest BCUT2D eigenvalue weighted by Crippen LogP contribution is -2.22. The van der Waals surface area contributed by atoms with Crippen LogP contribution < -0.4 is 0 Å². The number of Topliss-reactive ketones (excluding diaryl/α,β-unsaturated/α-hetero) is 1. The minimum absolute atomic E-state index is 0.290. The van der Waals surface area contributed by atoms with Crippen molar-refractivity contribution in [1.29, 1.82) is 0 Å². The summed E-state index contributed by atoms with van der Waals surface area (Å²) in [4.78, 5) is 14.2. The van der Waals surface area contributed by atoms with Crippen LogP contribution in [0.2, 0.25) is 0 Å². The number of ketones is 1. The summed E-state index contributed by atoms with van der Waals surface area (Å²) < 4.78 is 0. The van der Waals surface area contributed by atoms with Crippen LogP contribution in [0.1, 0.15) is 31.7 Å². The number of hydrogen-bond donors (Lipinski definition) is 0. The fraction of sp³-hybridized carbons (Fsp3) is 0.533. The predicted octanol–water partition coefficient (Wildman–Crippen LogP) is 2.88. The molecule has 0 N–H and O–H groups in total. The van der Waals surface area contributed by atoms with Gasteiger partial charge in [0.25, 0.3) is 0 Å². The lowest BCUT2D eigenvalue weighted by molar-refractivity contribution is -0.122. The van der Waals surface area contributed by atoms with Crippen molar-refractivity contribution < 1.29 is 4.79 Å². The van der Waals surface area contributed by atoms with Gasteiger partial charge >= 0.3 is 0 Å². The van der Waals surface area contributed by atoms with Crippen molar-refractivity contribution in [3.05, 3.63) is 35.9 Å². The molecule has 1 atom stereocenters. The van der Waals surface area contributed by atoms with E-state index in [9.17, 15) is 4.79 Å². The first-order chi connectivity index (χ1) is 8.29. The number of carbonyl (C=O) groups excluding carboxylic acids is 1. The summed E-state index contributed by atoms with van der Waals surface area (Å²) in [5, 5.41) is 0. The van der Waals surface area contributed by atoms with Gasteiger partial charge in [-0.1, -0.05) is 37.3 Å². The molecule has 1 aliphatic rings. The first-order valence-corrected chi connectivity index (χ1v) is 6.58. The van der Waals surface area contributed by atoms with Crippen LogP contribution in [0.4, 0.5) is 0 Å². The van der Waals surface area contributed by atoms with Gasteiger partial charge in [-0.15, -0.1) is 0 Å². The second-order valence-electron chi connectivity index (χ2n) is 4.92. The molecule has 17 heavy (non-hydrogen) atoms. The van der Waals surface area contributed by atoms with Crippen LogP contribution in [0.25, 0.3) is 0 Å². The highest BCUT2D eigenvalue weighted by Gasteiger charge is 2.27. The van der Waals surface area contributed by atoms with Crippen LogP contribution in [-0.2, 0) is 11.3 Å². The molecule has 2 heteroatoms. The maximum atomic E-state index is 11.8. The second kappa shape index (κ2) is 5.97. The van der Waals surface area contributed by atoms with E-state index in [2.05, 4.69) is 36.1 Å². The zero-order valence-electron chi connectivity index (χ0n) is 10.6. The zero-order valence-corrected chi connectivity index (χ0v) is 10.6. The Balaban J connectivity index is 1.84. The number of benzene rings is 1. The van der Waals surface area contributed by atoms with E-state index in [0.29, 0.717) is 11.7 Å². The van der Waals surface area contributed by atoms with E-state index in [1.165, 1.54) is 5.56 Å². The minimum Gasteiger partial charge on any atom is -0.299 e. The lowest BCUT2D eigenvalue weighted by Gasteiger charge is -2.15. The molecule has 0 amide bonds. The molecule has 0 radical (unpaired) electrons. The molecule has 92 valence electrons. The molecule has 1 unspecified atom stereocenters. The average Bonchev–Trinajstić information content (AvgIpc) is 2.79. The topological polar surface area (TPSA) is 20.3 Å². The van der Waals surface area contributed by atoms with Crippen LogP contribution in [0, 0.1) is 5.92 Å². The summed E-state index contributed by atoms with van der Waals surface area (Å²) in [5.74, 6) is 0.752. The van der Waals surface area contributed by atoms with Gasteiger partial charge < -0.3 is 0 Å². The third-order valence-electron chi connectivity index (χ3n) is 3.47. The van der Waals surface area contributed by atoms with Crippen molar-refractivity contribution in [1.82, 2.24) is 4.90 Å². The van der Waals surface area contributed by atoms with Gasteiger partial charge in [0.15, 0.2) is 0 Å². The Morgan fingerprint density at radius 3 is 2.82 bits per heavy atom. The van der Waals surface area contributed by atoms with E-state index in [0.717, 1.165) is 38.9 Å². The average molecular weight is 231 g/mol.